The monoisotopic (exact) mass is 203 g/mol. The third kappa shape index (κ3) is 2.61. The molecule has 0 spiro atoms. The lowest BCUT2D eigenvalue weighted by atomic mass is 9.98. The van der Waals surface area contributed by atoms with Gasteiger partial charge in [-0.3, -0.25) is 4.79 Å². The molecular formula is C9H17NO2S. The Labute approximate surface area is 83.1 Å². The fourth-order valence-electron chi connectivity index (χ4n) is 1.26. The Morgan fingerprint density at radius 2 is 2.23 bits per heavy atom. The summed E-state index contributed by atoms with van der Waals surface area (Å²) in [5.41, 5.74) is 4.90. The van der Waals surface area contributed by atoms with Gasteiger partial charge in [0.1, 0.15) is 5.54 Å². The van der Waals surface area contributed by atoms with Crippen LogP contribution in [0.15, 0.2) is 0 Å². The third-order valence-electron chi connectivity index (χ3n) is 2.36. The molecule has 0 bridgehead atoms. The van der Waals surface area contributed by atoms with Crippen LogP contribution in [0.1, 0.15) is 26.7 Å². The minimum atomic E-state index is -0.977. The van der Waals surface area contributed by atoms with Gasteiger partial charge in [0.15, 0.2) is 0 Å². The van der Waals surface area contributed by atoms with E-state index in [9.17, 15) is 4.79 Å². The van der Waals surface area contributed by atoms with Gasteiger partial charge in [0.2, 0.25) is 0 Å². The third-order valence-corrected chi connectivity index (χ3v) is 3.67. The van der Waals surface area contributed by atoms with Crippen molar-refractivity contribution in [3.8, 4) is 0 Å². The van der Waals surface area contributed by atoms with Gasteiger partial charge in [0.25, 0.3) is 0 Å². The van der Waals surface area contributed by atoms with Crippen LogP contribution >= 0.6 is 11.8 Å². The van der Waals surface area contributed by atoms with Gasteiger partial charge in [0.05, 0.1) is 0 Å². The molecule has 13 heavy (non-hydrogen) atoms. The Kier molecular flexibility index (Phi) is 3.24. The molecule has 1 unspecified atom stereocenters. The summed E-state index contributed by atoms with van der Waals surface area (Å²) in [6.45, 7) is 4.11. The lowest BCUT2D eigenvalue weighted by molar-refractivity contribution is -0.143. The molecule has 0 aromatic heterocycles. The van der Waals surface area contributed by atoms with E-state index in [2.05, 4.69) is 13.8 Å². The van der Waals surface area contributed by atoms with Crippen molar-refractivity contribution in [3.05, 3.63) is 0 Å². The Bertz CT molecular complexity index is 204. The molecule has 3 nitrogen and oxygen atoms in total. The van der Waals surface area contributed by atoms with Gasteiger partial charge in [-0.1, -0.05) is 13.8 Å². The predicted octanol–water partition coefficient (Wildman–Crippen LogP) is 1.32. The Morgan fingerprint density at radius 1 is 1.69 bits per heavy atom. The second kappa shape index (κ2) is 3.88. The second-order valence-electron chi connectivity index (χ2n) is 3.98. The Morgan fingerprint density at radius 3 is 2.54 bits per heavy atom. The summed E-state index contributed by atoms with van der Waals surface area (Å²) in [7, 11) is 0. The summed E-state index contributed by atoms with van der Waals surface area (Å²) in [5.74, 6) is -0.107. The molecule has 0 radical (unpaired) electrons. The SMILES string of the molecule is CC(C)SCC(N)(C(=O)O)C1CC1. The average Bonchev–Trinajstić information content (AvgIpc) is 2.81. The summed E-state index contributed by atoms with van der Waals surface area (Å²) >= 11 is 1.63. The van der Waals surface area contributed by atoms with Crippen LogP contribution in [0.3, 0.4) is 0 Å². The highest BCUT2D eigenvalue weighted by Crippen LogP contribution is 2.40. The topological polar surface area (TPSA) is 63.3 Å². The molecule has 0 aliphatic heterocycles. The average molecular weight is 203 g/mol. The summed E-state index contributed by atoms with van der Waals surface area (Å²) in [6.07, 6.45) is 1.95. The molecule has 76 valence electrons. The highest BCUT2D eigenvalue weighted by atomic mass is 32.2. The van der Waals surface area contributed by atoms with Crippen molar-refractivity contribution in [1.29, 1.82) is 0 Å². The largest absolute Gasteiger partial charge is 0.480 e. The zero-order chi connectivity index (χ0) is 10.1. The van der Waals surface area contributed by atoms with E-state index >= 15 is 0 Å². The van der Waals surface area contributed by atoms with Crippen LogP contribution in [0.2, 0.25) is 0 Å². The summed E-state index contributed by atoms with van der Waals surface area (Å²) < 4.78 is 0. The van der Waals surface area contributed by atoms with Crippen molar-refractivity contribution in [2.45, 2.75) is 37.5 Å². The first-order valence-corrected chi connectivity index (χ1v) is 5.65. The van der Waals surface area contributed by atoms with Gasteiger partial charge in [-0.05, 0) is 24.0 Å². The van der Waals surface area contributed by atoms with Crippen LogP contribution in [0.25, 0.3) is 0 Å². The van der Waals surface area contributed by atoms with Crippen LogP contribution in [0, 0.1) is 5.92 Å². The van der Waals surface area contributed by atoms with Crippen LogP contribution in [0.5, 0.6) is 0 Å². The zero-order valence-electron chi connectivity index (χ0n) is 8.12. The summed E-state index contributed by atoms with van der Waals surface area (Å²) in [6, 6.07) is 0. The van der Waals surface area contributed by atoms with Gasteiger partial charge in [-0.2, -0.15) is 11.8 Å². The first kappa shape index (κ1) is 10.9. The van der Waals surface area contributed by atoms with Gasteiger partial charge in [-0.25, -0.2) is 0 Å². The molecule has 3 N–H and O–H groups in total. The van der Waals surface area contributed by atoms with E-state index in [1.54, 1.807) is 11.8 Å². The molecular weight excluding hydrogens is 186 g/mol. The highest BCUT2D eigenvalue weighted by Gasteiger charge is 2.48. The minimum Gasteiger partial charge on any atom is -0.480 e. The first-order valence-electron chi connectivity index (χ1n) is 4.60. The smallest absolute Gasteiger partial charge is 0.324 e. The predicted molar refractivity (Wildman–Crippen MR) is 54.9 cm³/mol. The number of carboxylic acids is 1. The number of aliphatic carboxylic acids is 1. The summed E-state index contributed by atoms with van der Waals surface area (Å²) in [4.78, 5) is 11.0. The molecule has 1 atom stereocenters. The van der Waals surface area contributed by atoms with Crippen LogP contribution in [-0.4, -0.2) is 27.6 Å². The Balaban J connectivity index is 2.51. The number of carboxylic acid groups (broad SMARTS) is 1. The molecule has 1 saturated carbocycles. The quantitative estimate of drug-likeness (QED) is 0.707. The van der Waals surface area contributed by atoms with Crippen LogP contribution < -0.4 is 5.73 Å². The number of thioether (sulfide) groups is 1. The number of hydrogen-bond donors (Lipinski definition) is 2. The maximum Gasteiger partial charge on any atom is 0.324 e. The standard InChI is InChI=1S/C9H17NO2S/c1-6(2)13-5-9(10,8(11)12)7-3-4-7/h6-7H,3-5,10H2,1-2H3,(H,11,12). The molecule has 1 fully saturated rings. The van der Waals surface area contributed by atoms with Crippen LogP contribution in [-0.2, 0) is 4.79 Å². The highest BCUT2D eigenvalue weighted by molar-refractivity contribution is 7.99. The van der Waals surface area contributed by atoms with E-state index < -0.39 is 11.5 Å². The van der Waals surface area contributed by atoms with Crippen molar-refractivity contribution in [2.75, 3.05) is 5.75 Å². The maximum absolute atomic E-state index is 11.0. The molecule has 1 rings (SSSR count). The normalized spacial score (nSPS) is 21.5. The Hall–Kier alpha value is -0.220. The fraction of sp³-hybridized carbons (Fsp3) is 0.889. The van der Waals surface area contributed by atoms with Crippen molar-refractivity contribution in [2.24, 2.45) is 11.7 Å². The van der Waals surface area contributed by atoms with Gasteiger partial charge >= 0.3 is 5.97 Å². The fourth-order valence-corrected chi connectivity index (χ4v) is 2.23. The number of nitrogens with two attached hydrogens (primary N) is 1. The molecule has 0 aromatic rings. The van der Waals surface area contributed by atoms with Gasteiger partial charge < -0.3 is 10.8 Å². The number of carbonyl (C=O) groups is 1. The van der Waals surface area contributed by atoms with E-state index in [1.807, 2.05) is 0 Å². The van der Waals surface area contributed by atoms with E-state index in [0.29, 0.717) is 11.0 Å². The molecule has 0 heterocycles. The van der Waals surface area contributed by atoms with E-state index in [0.717, 1.165) is 12.8 Å². The molecule has 0 saturated heterocycles. The van der Waals surface area contributed by atoms with E-state index in [1.165, 1.54) is 0 Å². The van der Waals surface area contributed by atoms with Crippen LogP contribution in [0.4, 0.5) is 0 Å². The van der Waals surface area contributed by atoms with Crippen molar-refractivity contribution in [3.63, 3.8) is 0 Å². The molecule has 1 aliphatic carbocycles. The van der Waals surface area contributed by atoms with Crippen molar-refractivity contribution >= 4 is 17.7 Å². The number of hydrogen-bond acceptors (Lipinski definition) is 3. The molecule has 1 aliphatic rings. The van der Waals surface area contributed by atoms with E-state index in [4.69, 9.17) is 10.8 Å². The molecule has 0 amide bonds. The van der Waals surface area contributed by atoms with Gasteiger partial charge in [-0.15, -0.1) is 0 Å². The lowest BCUT2D eigenvalue weighted by Gasteiger charge is -2.24. The van der Waals surface area contributed by atoms with E-state index in [-0.39, 0.29) is 5.92 Å². The lowest BCUT2D eigenvalue weighted by Crippen LogP contribution is -2.52. The number of rotatable bonds is 5. The second-order valence-corrected chi connectivity index (χ2v) is 5.54. The maximum atomic E-state index is 11.0. The molecule has 4 heteroatoms. The summed E-state index contributed by atoms with van der Waals surface area (Å²) in [5, 5.41) is 9.46. The van der Waals surface area contributed by atoms with Crippen molar-refractivity contribution in [1.82, 2.24) is 0 Å². The van der Waals surface area contributed by atoms with Crippen molar-refractivity contribution < 1.29 is 9.90 Å². The molecule has 0 aromatic carbocycles. The minimum absolute atomic E-state index is 0.205. The first-order chi connectivity index (χ1) is 5.97. The van der Waals surface area contributed by atoms with Gasteiger partial charge in [0, 0.05) is 5.75 Å². The zero-order valence-corrected chi connectivity index (χ0v) is 8.93.